The van der Waals surface area contributed by atoms with Crippen LogP contribution in [0.5, 0.6) is 0 Å². The van der Waals surface area contributed by atoms with Crippen LogP contribution in [0.4, 0.5) is 0 Å². The third kappa shape index (κ3) is 2.15. The predicted molar refractivity (Wildman–Crippen MR) is 62.0 cm³/mol. The molecule has 5 heteroatoms. The number of nitrogens with one attached hydrogen (secondary N) is 1. The van der Waals surface area contributed by atoms with Crippen molar-refractivity contribution in [3.8, 4) is 0 Å². The number of H-pyrrole nitrogens is 1. The Morgan fingerprint density at radius 3 is 3.06 bits per heavy atom. The molecular weight excluding hydrogens is 204 g/mol. The molecule has 0 saturated heterocycles. The maximum Gasteiger partial charge on any atom is 0.254 e. The Kier molecular flexibility index (Phi) is 3.36. The number of nitrogens with two attached hydrogens (primary N) is 1. The molecule has 3 N–H and O–H groups in total. The highest BCUT2D eigenvalue weighted by molar-refractivity contribution is 5.20. The first kappa shape index (κ1) is 11.3. The van der Waals surface area contributed by atoms with E-state index >= 15 is 0 Å². The molecule has 88 valence electrons. The van der Waals surface area contributed by atoms with E-state index in [2.05, 4.69) is 21.8 Å². The molecule has 2 heterocycles. The standard InChI is InChI=1S/C11H18N4O/c1-2-4-15-5-3-8-9(7-15)13-10(6-12)14-11(8)16/h2-7,12H2,1H3,(H,13,14,16). The smallest absolute Gasteiger partial charge is 0.254 e. The first-order valence-corrected chi connectivity index (χ1v) is 5.78. The molecule has 1 aromatic heterocycles. The number of rotatable bonds is 3. The predicted octanol–water partition coefficient (Wildman–Crippen LogP) is -0.00330. The van der Waals surface area contributed by atoms with Crippen LogP contribution in [0, 0.1) is 0 Å². The molecule has 2 rings (SSSR count). The lowest BCUT2D eigenvalue weighted by Crippen LogP contribution is -2.36. The molecule has 0 atom stereocenters. The number of aromatic nitrogens is 2. The van der Waals surface area contributed by atoms with Crippen LogP contribution in [0.3, 0.4) is 0 Å². The molecule has 1 aliphatic heterocycles. The lowest BCUT2D eigenvalue weighted by molar-refractivity contribution is 0.249. The summed E-state index contributed by atoms with van der Waals surface area (Å²) in [5, 5.41) is 0. The second-order valence-electron chi connectivity index (χ2n) is 4.17. The lowest BCUT2D eigenvalue weighted by Gasteiger charge is -2.27. The van der Waals surface area contributed by atoms with Gasteiger partial charge in [0.25, 0.3) is 5.56 Å². The van der Waals surface area contributed by atoms with Crippen molar-refractivity contribution >= 4 is 0 Å². The molecule has 0 aliphatic carbocycles. The average molecular weight is 222 g/mol. The van der Waals surface area contributed by atoms with E-state index in [0.29, 0.717) is 5.82 Å². The zero-order valence-corrected chi connectivity index (χ0v) is 9.62. The van der Waals surface area contributed by atoms with Crippen molar-refractivity contribution in [3.63, 3.8) is 0 Å². The summed E-state index contributed by atoms with van der Waals surface area (Å²) in [6.45, 7) is 5.24. The summed E-state index contributed by atoms with van der Waals surface area (Å²) in [4.78, 5) is 21.2. The van der Waals surface area contributed by atoms with Crippen LogP contribution in [-0.4, -0.2) is 28.0 Å². The lowest BCUT2D eigenvalue weighted by atomic mass is 10.1. The maximum atomic E-state index is 11.7. The van der Waals surface area contributed by atoms with Crippen LogP contribution in [-0.2, 0) is 19.5 Å². The van der Waals surface area contributed by atoms with Gasteiger partial charge in [0.15, 0.2) is 0 Å². The van der Waals surface area contributed by atoms with Crippen LogP contribution < -0.4 is 11.3 Å². The zero-order valence-electron chi connectivity index (χ0n) is 9.62. The van der Waals surface area contributed by atoms with E-state index in [-0.39, 0.29) is 12.1 Å². The Balaban J connectivity index is 2.29. The van der Waals surface area contributed by atoms with Gasteiger partial charge in [0.2, 0.25) is 0 Å². The van der Waals surface area contributed by atoms with Gasteiger partial charge in [-0.1, -0.05) is 6.92 Å². The first-order chi connectivity index (χ1) is 7.74. The fourth-order valence-corrected chi connectivity index (χ4v) is 2.15. The van der Waals surface area contributed by atoms with Crippen molar-refractivity contribution < 1.29 is 0 Å². The highest BCUT2D eigenvalue weighted by atomic mass is 16.1. The molecule has 16 heavy (non-hydrogen) atoms. The SMILES string of the molecule is CCCN1CCc2c(nc(CN)[nH]c2=O)C1. The highest BCUT2D eigenvalue weighted by Gasteiger charge is 2.19. The molecule has 0 bridgehead atoms. The Bertz CT molecular complexity index is 426. The van der Waals surface area contributed by atoms with Crippen LogP contribution in [0.25, 0.3) is 0 Å². The number of hydrogen-bond donors (Lipinski definition) is 2. The van der Waals surface area contributed by atoms with E-state index in [1.54, 1.807) is 0 Å². The summed E-state index contributed by atoms with van der Waals surface area (Å²) in [6, 6.07) is 0. The minimum Gasteiger partial charge on any atom is -0.324 e. The van der Waals surface area contributed by atoms with E-state index in [1.807, 2.05) is 0 Å². The maximum absolute atomic E-state index is 11.7. The van der Waals surface area contributed by atoms with Gasteiger partial charge in [-0.3, -0.25) is 9.69 Å². The number of nitrogens with zero attached hydrogens (tertiary/aromatic N) is 2. The Labute approximate surface area is 94.7 Å². The van der Waals surface area contributed by atoms with Gasteiger partial charge in [0.05, 0.1) is 12.2 Å². The minimum atomic E-state index is -0.0124. The third-order valence-electron chi connectivity index (χ3n) is 2.93. The van der Waals surface area contributed by atoms with Crippen LogP contribution in [0.1, 0.15) is 30.4 Å². The molecule has 0 saturated carbocycles. The molecule has 0 radical (unpaired) electrons. The van der Waals surface area contributed by atoms with Crippen LogP contribution >= 0.6 is 0 Å². The van der Waals surface area contributed by atoms with E-state index in [0.717, 1.165) is 43.7 Å². The van der Waals surface area contributed by atoms with Crippen molar-refractivity contribution in [1.29, 1.82) is 0 Å². The average Bonchev–Trinajstić information content (AvgIpc) is 2.29. The second kappa shape index (κ2) is 4.76. The van der Waals surface area contributed by atoms with Gasteiger partial charge in [0.1, 0.15) is 5.82 Å². The molecule has 0 amide bonds. The van der Waals surface area contributed by atoms with Gasteiger partial charge in [-0.05, 0) is 19.4 Å². The molecule has 0 aromatic carbocycles. The number of hydrogen-bond acceptors (Lipinski definition) is 4. The number of fused-ring (bicyclic) bond motifs is 1. The largest absolute Gasteiger partial charge is 0.324 e. The van der Waals surface area contributed by atoms with E-state index in [4.69, 9.17) is 5.73 Å². The molecule has 5 nitrogen and oxygen atoms in total. The third-order valence-corrected chi connectivity index (χ3v) is 2.93. The minimum absolute atomic E-state index is 0.0124. The summed E-state index contributed by atoms with van der Waals surface area (Å²) in [6.07, 6.45) is 1.92. The van der Waals surface area contributed by atoms with Crippen molar-refractivity contribution in [2.24, 2.45) is 5.73 Å². The van der Waals surface area contributed by atoms with Crippen LogP contribution in [0.2, 0.25) is 0 Å². The molecule has 0 unspecified atom stereocenters. The van der Waals surface area contributed by atoms with Gasteiger partial charge in [-0.15, -0.1) is 0 Å². The fraction of sp³-hybridized carbons (Fsp3) is 0.636. The van der Waals surface area contributed by atoms with E-state index in [9.17, 15) is 4.79 Å². The van der Waals surface area contributed by atoms with E-state index in [1.165, 1.54) is 0 Å². The summed E-state index contributed by atoms with van der Waals surface area (Å²) < 4.78 is 0. The van der Waals surface area contributed by atoms with Gasteiger partial charge in [0, 0.05) is 18.7 Å². The first-order valence-electron chi connectivity index (χ1n) is 5.78. The molecular formula is C11H18N4O. The van der Waals surface area contributed by atoms with Crippen molar-refractivity contribution in [3.05, 3.63) is 27.4 Å². The zero-order chi connectivity index (χ0) is 11.5. The van der Waals surface area contributed by atoms with Gasteiger partial charge in [-0.2, -0.15) is 0 Å². The number of aromatic amines is 1. The molecule has 1 aliphatic rings. The molecule has 0 spiro atoms. The van der Waals surface area contributed by atoms with Gasteiger partial charge < -0.3 is 10.7 Å². The van der Waals surface area contributed by atoms with Crippen molar-refractivity contribution in [2.45, 2.75) is 32.9 Å². The highest BCUT2D eigenvalue weighted by Crippen LogP contribution is 2.13. The second-order valence-corrected chi connectivity index (χ2v) is 4.17. The summed E-state index contributed by atoms with van der Waals surface area (Å²) >= 11 is 0. The topological polar surface area (TPSA) is 75.0 Å². The quantitative estimate of drug-likeness (QED) is 0.754. The van der Waals surface area contributed by atoms with Crippen LogP contribution in [0.15, 0.2) is 4.79 Å². The normalized spacial score (nSPS) is 16.1. The molecule has 1 aromatic rings. The Hall–Kier alpha value is -1.20. The Morgan fingerprint density at radius 2 is 2.38 bits per heavy atom. The van der Waals surface area contributed by atoms with Gasteiger partial charge >= 0.3 is 0 Å². The fourth-order valence-electron chi connectivity index (χ4n) is 2.15. The van der Waals surface area contributed by atoms with E-state index < -0.39 is 0 Å². The van der Waals surface area contributed by atoms with Crippen molar-refractivity contribution in [1.82, 2.24) is 14.9 Å². The monoisotopic (exact) mass is 222 g/mol. The van der Waals surface area contributed by atoms with Crippen molar-refractivity contribution in [2.75, 3.05) is 13.1 Å². The summed E-state index contributed by atoms with van der Waals surface area (Å²) in [5.74, 6) is 0.585. The molecule has 0 fully saturated rings. The Morgan fingerprint density at radius 1 is 1.56 bits per heavy atom. The summed E-state index contributed by atoms with van der Waals surface area (Å²) in [7, 11) is 0. The summed E-state index contributed by atoms with van der Waals surface area (Å²) in [5.41, 5.74) is 7.23. The van der Waals surface area contributed by atoms with Gasteiger partial charge in [-0.25, -0.2) is 4.98 Å².